The van der Waals surface area contributed by atoms with Gasteiger partial charge in [0.1, 0.15) is 5.82 Å². The van der Waals surface area contributed by atoms with E-state index in [2.05, 4.69) is 0 Å². The Balaban J connectivity index is 2.33. The lowest BCUT2D eigenvalue weighted by atomic mass is 9.87. The van der Waals surface area contributed by atoms with Crippen LogP contribution < -0.4 is 0 Å². The molecule has 1 heterocycles. The van der Waals surface area contributed by atoms with Crippen LogP contribution in [0.15, 0.2) is 36.4 Å². The van der Waals surface area contributed by atoms with E-state index in [0.717, 1.165) is 18.6 Å². The fraction of sp³-hybridized carbons (Fsp3) is 0.304. The second kappa shape index (κ2) is 8.26. The molecule has 1 unspecified atom stereocenters. The number of aromatic hydroxyl groups is 1. The predicted molar refractivity (Wildman–Crippen MR) is 109 cm³/mol. The summed E-state index contributed by atoms with van der Waals surface area (Å²) in [6, 6.07) is 7.57. The van der Waals surface area contributed by atoms with E-state index in [-0.39, 0.29) is 40.1 Å². The summed E-state index contributed by atoms with van der Waals surface area (Å²) in [6.07, 6.45) is 0.979. The number of carbonyl (C=O) groups is 2. The Hall–Kier alpha value is -3.22. The minimum Gasteiger partial charge on any atom is -0.505 e. The fourth-order valence-electron chi connectivity index (χ4n) is 3.83. The molecule has 7 heteroatoms. The highest BCUT2D eigenvalue weighted by Gasteiger charge is 2.32. The molecule has 0 spiro atoms. The smallest absolute Gasteiger partial charge is 0.311 e. The maximum absolute atomic E-state index is 15.0. The number of aliphatic carboxylic acids is 1. The van der Waals surface area contributed by atoms with Crippen molar-refractivity contribution in [2.45, 2.75) is 39.5 Å². The van der Waals surface area contributed by atoms with E-state index in [4.69, 9.17) is 0 Å². The van der Waals surface area contributed by atoms with Gasteiger partial charge in [-0.1, -0.05) is 26.3 Å². The second-order valence-corrected chi connectivity index (χ2v) is 7.58. The third-order valence-electron chi connectivity index (χ3n) is 5.59. The number of phenols is 1. The molecule has 1 aromatic heterocycles. The lowest BCUT2D eigenvalue weighted by Gasteiger charge is -2.18. The molecule has 0 fully saturated rings. The average Bonchev–Trinajstić information content (AvgIpc) is 3.00. The van der Waals surface area contributed by atoms with Crippen molar-refractivity contribution in [3.8, 4) is 5.75 Å². The van der Waals surface area contributed by atoms with Gasteiger partial charge in [-0.2, -0.15) is 0 Å². The summed E-state index contributed by atoms with van der Waals surface area (Å²) in [7, 11) is 0. The van der Waals surface area contributed by atoms with Crippen LogP contribution in [0, 0.1) is 24.5 Å². The molecule has 0 amide bonds. The van der Waals surface area contributed by atoms with E-state index in [0.29, 0.717) is 0 Å². The molecular formula is C23H23F2NO4. The summed E-state index contributed by atoms with van der Waals surface area (Å²) >= 11 is 0. The molecule has 2 aromatic carbocycles. The topological polar surface area (TPSA) is 79.5 Å². The zero-order valence-corrected chi connectivity index (χ0v) is 16.9. The molecule has 30 heavy (non-hydrogen) atoms. The first-order valence-electron chi connectivity index (χ1n) is 9.72. The molecule has 0 aliphatic heterocycles. The summed E-state index contributed by atoms with van der Waals surface area (Å²) in [5.41, 5.74) is 0.571. The fourth-order valence-corrected chi connectivity index (χ4v) is 3.83. The summed E-state index contributed by atoms with van der Waals surface area (Å²) in [6.45, 7) is 5.37. The van der Waals surface area contributed by atoms with Gasteiger partial charge >= 0.3 is 5.97 Å². The Kier molecular flexibility index (Phi) is 5.92. The van der Waals surface area contributed by atoms with Crippen LogP contribution in [0.3, 0.4) is 0 Å². The lowest BCUT2D eigenvalue weighted by molar-refractivity contribution is -0.139. The summed E-state index contributed by atoms with van der Waals surface area (Å²) in [5, 5.41) is 19.7. The van der Waals surface area contributed by atoms with Gasteiger partial charge in [-0.15, -0.1) is 0 Å². The number of fused-ring (bicyclic) bond motifs is 1. The number of phenolic OH excluding ortho intramolecular Hbond substituents is 1. The van der Waals surface area contributed by atoms with Crippen molar-refractivity contribution in [1.82, 2.24) is 4.57 Å². The Labute approximate surface area is 172 Å². The maximum Gasteiger partial charge on any atom is 0.311 e. The van der Waals surface area contributed by atoms with Crippen molar-refractivity contribution in [3.05, 3.63) is 64.9 Å². The average molecular weight is 415 g/mol. The number of carboxylic acid groups (broad SMARTS) is 1. The van der Waals surface area contributed by atoms with E-state index >= 15 is 0 Å². The van der Waals surface area contributed by atoms with Crippen LogP contribution in [-0.2, 0) is 4.79 Å². The van der Waals surface area contributed by atoms with Crippen LogP contribution in [0.4, 0.5) is 8.78 Å². The zero-order valence-electron chi connectivity index (χ0n) is 16.9. The van der Waals surface area contributed by atoms with Gasteiger partial charge in [-0.3, -0.25) is 14.2 Å². The quantitative estimate of drug-likeness (QED) is 0.578. The first-order chi connectivity index (χ1) is 14.2. The number of hydrogen-bond donors (Lipinski definition) is 2. The van der Waals surface area contributed by atoms with Gasteiger partial charge in [-0.25, -0.2) is 8.78 Å². The van der Waals surface area contributed by atoms with Gasteiger partial charge in [-0.05, 0) is 55.2 Å². The Bertz CT molecular complexity index is 1140. The SMILES string of the molecule is CCC(C)C[C@H](C(=O)O)c1c(C)n(C(=O)c2cccc(F)c2)c2ccc(O)c(F)c12. The first kappa shape index (κ1) is 21.5. The summed E-state index contributed by atoms with van der Waals surface area (Å²) in [5.74, 6) is -4.99. The summed E-state index contributed by atoms with van der Waals surface area (Å²) < 4.78 is 29.9. The highest BCUT2D eigenvalue weighted by Crippen LogP contribution is 2.39. The van der Waals surface area contributed by atoms with Crippen molar-refractivity contribution in [3.63, 3.8) is 0 Å². The third kappa shape index (κ3) is 3.67. The molecule has 3 aromatic rings. The Morgan fingerprint density at radius 1 is 1.17 bits per heavy atom. The molecule has 0 aliphatic rings. The largest absolute Gasteiger partial charge is 0.505 e. The van der Waals surface area contributed by atoms with Gasteiger partial charge in [0.15, 0.2) is 11.6 Å². The molecule has 0 aliphatic carbocycles. The molecule has 0 bridgehead atoms. The number of benzene rings is 2. The minimum absolute atomic E-state index is 0.0446. The van der Waals surface area contributed by atoms with Crippen LogP contribution in [0.5, 0.6) is 5.75 Å². The Morgan fingerprint density at radius 2 is 1.87 bits per heavy atom. The second-order valence-electron chi connectivity index (χ2n) is 7.58. The van der Waals surface area contributed by atoms with E-state index in [9.17, 15) is 28.6 Å². The molecule has 5 nitrogen and oxygen atoms in total. The number of nitrogens with zero attached hydrogens (tertiary/aromatic N) is 1. The van der Waals surface area contributed by atoms with Crippen LogP contribution >= 0.6 is 0 Å². The van der Waals surface area contributed by atoms with Gasteiger partial charge in [0.05, 0.1) is 11.4 Å². The third-order valence-corrected chi connectivity index (χ3v) is 5.59. The van der Waals surface area contributed by atoms with Crippen molar-refractivity contribution in [2.24, 2.45) is 5.92 Å². The number of carboxylic acids is 1. The van der Waals surface area contributed by atoms with Gasteiger partial charge in [0.25, 0.3) is 5.91 Å². The van der Waals surface area contributed by atoms with E-state index < -0.39 is 35.2 Å². The molecule has 2 N–H and O–H groups in total. The molecular weight excluding hydrogens is 392 g/mol. The van der Waals surface area contributed by atoms with Crippen molar-refractivity contribution >= 4 is 22.8 Å². The highest BCUT2D eigenvalue weighted by atomic mass is 19.1. The van der Waals surface area contributed by atoms with Crippen molar-refractivity contribution in [1.29, 1.82) is 0 Å². The summed E-state index contributed by atoms with van der Waals surface area (Å²) in [4.78, 5) is 25.3. The van der Waals surface area contributed by atoms with Crippen LogP contribution in [0.25, 0.3) is 10.9 Å². The molecule has 158 valence electrons. The molecule has 0 radical (unpaired) electrons. The zero-order chi connectivity index (χ0) is 22.2. The number of hydrogen-bond acceptors (Lipinski definition) is 3. The molecule has 3 rings (SSSR count). The predicted octanol–water partition coefficient (Wildman–Crippen LogP) is 5.23. The molecule has 0 saturated carbocycles. The standard InChI is InChI=1S/C23H23F2NO4/c1-4-12(2)10-16(23(29)30)19-13(3)26(17-8-9-18(27)21(25)20(17)19)22(28)14-6-5-7-15(24)11-14/h5-9,11-12,16,27H,4,10H2,1-3H3,(H,29,30)/t12?,16-/m0/s1. The monoisotopic (exact) mass is 415 g/mol. The van der Waals surface area contributed by atoms with Crippen LogP contribution in [-0.4, -0.2) is 26.7 Å². The van der Waals surface area contributed by atoms with Gasteiger partial charge < -0.3 is 10.2 Å². The van der Waals surface area contributed by atoms with E-state index in [1.807, 2.05) is 13.8 Å². The van der Waals surface area contributed by atoms with Gasteiger partial charge in [0.2, 0.25) is 0 Å². The van der Waals surface area contributed by atoms with Crippen molar-refractivity contribution < 1.29 is 28.6 Å². The number of rotatable bonds is 6. The minimum atomic E-state index is -1.14. The van der Waals surface area contributed by atoms with Gasteiger partial charge in [0, 0.05) is 16.6 Å². The molecule has 2 atom stereocenters. The normalized spacial score (nSPS) is 13.4. The lowest BCUT2D eigenvalue weighted by Crippen LogP contribution is -2.18. The Morgan fingerprint density at radius 3 is 2.47 bits per heavy atom. The van der Waals surface area contributed by atoms with Crippen LogP contribution in [0.2, 0.25) is 0 Å². The molecule has 0 saturated heterocycles. The maximum atomic E-state index is 15.0. The number of halogens is 2. The van der Waals surface area contributed by atoms with Crippen molar-refractivity contribution in [2.75, 3.05) is 0 Å². The number of aromatic nitrogens is 1. The van der Waals surface area contributed by atoms with E-state index in [1.165, 1.54) is 35.8 Å². The van der Waals surface area contributed by atoms with E-state index in [1.54, 1.807) is 0 Å². The first-order valence-corrected chi connectivity index (χ1v) is 9.72. The van der Waals surface area contributed by atoms with Crippen LogP contribution in [0.1, 0.15) is 54.2 Å². The number of carbonyl (C=O) groups excluding carboxylic acids is 1. The highest BCUT2D eigenvalue weighted by molar-refractivity contribution is 6.05.